The first-order valence-electron chi connectivity index (χ1n) is 8.11. The molecule has 1 aromatic heterocycles. The van der Waals surface area contributed by atoms with Crippen molar-refractivity contribution in [2.24, 2.45) is 0 Å². The van der Waals surface area contributed by atoms with Crippen molar-refractivity contribution in [2.45, 2.75) is 25.1 Å². The van der Waals surface area contributed by atoms with Crippen LogP contribution in [0.4, 0.5) is 4.79 Å². The van der Waals surface area contributed by atoms with Crippen molar-refractivity contribution in [3.05, 3.63) is 66.1 Å². The van der Waals surface area contributed by atoms with Gasteiger partial charge in [-0.05, 0) is 23.6 Å². The average Bonchev–Trinajstić information content (AvgIpc) is 3.14. The summed E-state index contributed by atoms with van der Waals surface area (Å²) in [6, 6.07) is 11.6. The Bertz CT molecular complexity index is 723. The zero-order valence-corrected chi connectivity index (χ0v) is 13.3. The Kier molecular flexibility index (Phi) is 4.09. The van der Waals surface area contributed by atoms with E-state index in [1.54, 1.807) is 12.5 Å². The smallest absolute Gasteiger partial charge is 0.411 e. The highest BCUT2D eigenvalue weighted by Crippen LogP contribution is 2.33. The summed E-state index contributed by atoms with van der Waals surface area (Å²) in [5.74, 6) is 0. The summed E-state index contributed by atoms with van der Waals surface area (Å²) < 4.78 is 16.3. The van der Waals surface area contributed by atoms with Gasteiger partial charge in [0.25, 0.3) is 0 Å². The molecule has 0 aliphatic carbocycles. The lowest BCUT2D eigenvalue weighted by Crippen LogP contribution is -2.56. The van der Waals surface area contributed by atoms with Gasteiger partial charge in [-0.1, -0.05) is 36.4 Å². The fraction of sp³-hybridized carbons (Fsp3) is 0.316. The van der Waals surface area contributed by atoms with Crippen molar-refractivity contribution in [1.82, 2.24) is 4.90 Å². The lowest BCUT2D eigenvalue weighted by atomic mass is 9.91. The predicted molar refractivity (Wildman–Crippen MR) is 88.2 cm³/mol. The second kappa shape index (κ2) is 6.53. The van der Waals surface area contributed by atoms with Crippen LogP contribution >= 0.6 is 0 Å². The third-order valence-electron chi connectivity index (χ3n) is 4.51. The molecule has 2 aliphatic heterocycles. The Labute approximate surface area is 140 Å². The molecule has 0 radical (unpaired) electrons. The molecule has 124 valence electrons. The first-order chi connectivity index (χ1) is 11.8. The van der Waals surface area contributed by atoms with Gasteiger partial charge in [-0.2, -0.15) is 0 Å². The fourth-order valence-electron chi connectivity index (χ4n) is 3.34. The third-order valence-corrected chi connectivity index (χ3v) is 4.51. The summed E-state index contributed by atoms with van der Waals surface area (Å²) >= 11 is 0. The summed E-state index contributed by atoms with van der Waals surface area (Å²) in [6.07, 6.45) is 5.97. The Hall–Kier alpha value is -2.53. The largest absolute Gasteiger partial charge is 0.472 e. The number of fused-ring (bicyclic) bond motifs is 2. The molecule has 2 aliphatic rings. The molecule has 0 spiro atoms. The molecule has 2 unspecified atom stereocenters. The normalized spacial score (nSPS) is 22.8. The van der Waals surface area contributed by atoms with E-state index in [9.17, 15) is 4.79 Å². The minimum Gasteiger partial charge on any atom is -0.472 e. The number of benzene rings is 1. The second-order valence-corrected chi connectivity index (χ2v) is 6.11. The molecule has 0 N–H and O–H groups in total. The molecule has 2 bridgehead atoms. The third kappa shape index (κ3) is 2.95. The maximum Gasteiger partial charge on any atom is 0.411 e. The van der Waals surface area contributed by atoms with E-state index in [0.29, 0.717) is 13.2 Å². The molecule has 0 saturated carbocycles. The Morgan fingerprint density at radius 1 is 1.21 bits per heavy atom. The molecule has 1 aromatic carbocycles. The van der Waals surface area contributed by atoms with Crippen LogP contribution in [0.15, 0.2) is 59.4 Å². The van der Waals surface area contributed by atoms with Crippen molar-refractivity contribution < 1.29 is 18.7 Å². The van der Waals surface area contributed by atoms with Gasteiger partial charge in [0, 0.05) is 5.56 Å². The minimum atomic E-state index is -0.278. The van der Waals surface area contributed by atoms with Gasteiger partial charge in [-0.25, -0.2) is 4.79 Å². The molecule has 2 atom stereocenters. The average molecular weight is 325 g/mol. The molecule has 2 aromatic rings. The number of nitrogens with zero attached hydrogens (tertiary/aromatic N) is 1. The summed E-state index contributed by atoms with van der Waals surface area (Å²) in [5, 5.41) is 0. The predicted octanol–water partition coefficient (Wildman–Crippen LogP) is 3.47. The first-order valence-corrected chi connectivity index (χ1v) is 8.11. The monoisotopic (exact) mass is 325 g/mol. The Morgan fingerprint density at radius 2 is 2.08 bits per heavy atom. The van der Waals surface area contributed by atoms with Gasteiger partial charge >= 0.3 is 6.09 Å². The summed E-state index contributed by atoms with van der Waals surface area (Å²) in [4.78, 5) is 14.4. The van der Waals surface area contributed by atoms with Crippen molar-refractivity contribution in [3.63, 3.8) is 0 Å². The van der Waals surface area contributed by atoms with Crippen molar-refractivity contribution >= 4 is 11.7 Å². The topological polar surface area (TPSA) is 51.9 Å². The van der Waals surface area contributed by atoms with Crippen LogP contribution < -0.4 is 0 Å². The van der Waals surface area contributed by atoms with E-state index >= 15 is 0 Å². The van der Waals surface area contributed by atoms with E-state index in [2.05, 4.69) is 6.08 Å². The van der Waals surface area contributed by atoms with E-state index in [-0.39, 0.29) is 24.8 Å². The highest BCUT2D eigenvalue weighted by atomic mass is 16.6. The molecule has 1 amide bonds. The van der Waals surface area contributed by atoms with Crippen LogP contribution in [-0.2, 0) is 16.1 Å². The molecule has 4 rings (SSSR count). The second-order valence-electron chi connectivity index (χ2n) is 6.11. The zero-order valence-electron chi connectivity index (χ0n) is 13.3. The van der Waals surface area contributed by atoms with Gasteiger partial charge in [0.15, 0.2) is 0 Å². The van der Waals surface area contributed by atoms with E-state index in [1.807, 2.05) is 41.3 Å². The quantitative estimate of drug-likeness (QED) is 0.867. The Morgan fingerprint density at radius 3 is 2.83 bits per heavy atom. The summed E-state index contributed by atoms with van der Waals surface area (Å²) in [5.41, 5.74) is 3.26. The number of furan rings is 1. The molecule has 24 heavy (non-hydrogen) atoms. The highest BCUT2D eigenvalue weighted by Gasteiger charge is 2.39. The minimum absolute atomic E-state index is 0.00178. The van der Waals surface area contributed by atoms with E-state index in [4.69, 9.17) is 13.9 Å². The van der Waals surface area contributed by atoms with Gasteiger partial charge in [0.05, 0.1) is 37.8 Å². The number of amides is 1. The number of carbonyl (C=O) groups is 1. The van der Waals surface area contributed by atoms with Crippen LogP contribution in [0, 0.1) is 0 Å². The fourth-order valence-corrected chi connectivity index (χ4v) is 3.34. The maximum absolute atomic E-state index is 12.6. The van der Waals surface area contributed by atoms with Crippen molar-refractivity contribution in [2.75, 3.05) is 13.2 Å². The van der Waals surface area contributed by atoms with Gasteiger partial charge in [-0.15, -0.1) is 0 Å². The van der Waals surface area contributed by atoms with Gasteiger partial charge < -0.3 is 13.9 Å². The van der Waals surface area contributed by atoms with Crippen LogP contribution in [-0.4, -0.2) is 36.3 Å². The molecule has 5 nitrogen and oxygen atoms in total. The van der Waals surface area contributed by atoms with Crippen LogP contribution in [0.25, 0.3) is 5.57 Å². The number of rotatable bonds is 3. The number of hydrogen-bond donors (Lipinski definition) is 0. The molecular formula is C19H19NO4. The number of morpholine rings is 1. The SMILES string of the molecule is O=C(OCc1ccccc1)N1C2C=C(c3ccoc3)CC1COC2. The number of carbonyl (C=O) groups excluding carboxylic acids is 1. The van der Waals surface area contributed by atoms with Crippen LogP contribution in [0.2, 0.25) is 0 Å². The van der Waals surface area contributed by atoms with Gasteiger partial charge in [0.2, 0.25) is 0 Å². The van der Waals surface area contributed by atoms with Gasteiger partial charge in [-0.3, -0.25) is 4.90 Å². The van der Waals surface area contributed by atoms with Crippen LogP contribution in [0.5, 0.6) is 0 Å². The van der Waals surface area contributed by atoms with E-state index in [1.165, 1.54) is 5.57 Å². The number of hydrogen-bond acceptors (Lipinski definition) is 4. The lowest BCUT2D eigenvalue weighted by molar-refractivity contribution is -0.0342. The first kappa shape index (κ1) is 15.0. The lowest BCUT2D eigenvalue weighted by Gasteiger charge is -2.43. The number of ether oxygens (including phenoxy) is 2. The van der Waals surface area contributed by atoms with Crippen molar-refractivity contribution in [3.8, 4) is 0 Å². The molecule has 5 heteroatoms. The molecular weight excluding hydrogens is 306 g/mol. The van der Waals surface area contributed by atoms with E-state index < -0.39 is 0 Å². The maximum atomic E-state index is 12.6. The Balaban J connectivity index is 1.48. The van der Waals surface area contributed by atoms with Gasteiger partial charge in [0.1, 0.15) is 6.61 Å². The van der Waals surface area contributed by atoms with Crippen molar-refractivity contribution in [1.29, 1.82) is 0 Å². The summed E-state index contributed by atoms with van der Waals surface area (Å²) in [6.45, 7) is 1.32. The molecule has 1 saturated heterocycles. The standard InChI is InChI=1S/C19H19NO4/c21-19(24-10-14-4-2-1-3-5-14)20-17-8-16(15-6-7-22-11-15)9-18(20)13-23-12-17/h1-8,11,17-18H,9-10,12-13H2. The zero-order chi connectivity index (χ0) is 16.4. The highest BCUT2D eigenvalue weighted by molar-refractivity contribution is 5.74. The molecule has 1 fully saturated rings. The summed E-state index contributed by atoms with van der Waals surface area (Å²) in [7, 11) is 0. The molecule has 3 heterocycles. The van der Waals surface area contributed by atoms with Crippen LogP contribution in [0.3, 0.4) is 0 Å². The van der Waals surface area contributed by atoms with E-state index in [0.717, 1.165) is 17.5 Å². The van der Waals surface area contributed by atoms with Crippen LogP contribution in [0.1, 0.15) is 17.5 Å².